The van der Waals surface area contributed by atoms with Gasteiger partial charge in [0.05, 0.1) is 11.6 Å². The molecule has 0 bridgehead atoms. The smallest absolute Gasteiger partial charge is 0.411 e. The van der Waals surface area contributed by atoms with Gasteiger partial charge in [-0.25, -0.2) is 9.59 Å². The molecule has 1 fully saturated rings. The molecule has 0 saturated carbocycles. The van der Waals surface area contributed by atoms with E-state index in [4.69, 9.17) is 21.1 Å². The second-order valence-corrected chi connectivity index (χ2v) is 8.37. The number of nitrogens with zero attached hydrogens (tertiary/aromatic N) is 1. The molecule has 1 aromatic carbocycles. The zero-order valence-electron chi connectivity index (χ0n) is 16.5. The normalized spacial score (nSPS) is 21.0. The molecule has 1 heterocycles. The fourth-order valence-electron chi connectivity index (χ4n) is 2.97. The summed E-state index contributed by atoms with van der Waals surface area (Å²) in [6.07, 6.45) is 0.0623. The summed E-state index contributed by atoms with van der Waals surface area (Å²) in [6, 6.07) is 4.66. The van der Waals surface area contributed by atoms with Gasteiger partial charge >= 0.3 is 12.1 Å². The summed E-state index contributed by atoms with van der Waals surface area (Å²) in [7, 11) is 0. The molecular formula is C20H28ClNO5. The van der Waals surface area contributed by atoms with Gasteiger partial charge in [0.2, 0.25) is 0 Å². The highest BCUT2D eigenvalue weighted by atomic mass is 35.5. The summed E-state index contributed by atoms with van der Waals surface area (Å²) in [6.45, 7) is 9.59. The quantitative estimate of drug-likeness (QED) is 0.779. The van der Waals surface area contributed by atoms with Crippen molar-refractivity contribution in [3.05, 3.63) is 28.8 Å². The van der Waals surface area contributed by atoms with Crippen LogP contribution in [0.3, 0.4) is 0 Å². The fraction of sp³-hybridized carbons (Fsp3) is 0.600. The average molecular weight is 398 g/mol. The molecule has 2 rings (SSSR count). The lowest BCUT2D eigenvalue weighted by Gasteiger charge is -2.26. The lowest BCUT2D eigenvalue weighted by molar-refractivity contribution is -0.142. The van der Waals surface area contributed by atoms with E-state index in [1.165, 1.54) is 4.90 Å². The van der Waals surface area contributed by atoms with Gasteiger partial charge in [0.15, 0.2) is 0 Å². The van der Waals surface area contributed by atoms with Gasteiger partial charge in [-0.15, -0.1) is 0 Å². The number of hydrogen-bond acceptors (Lipinski definition) is 4. The predicted octanol–water partition coefficient (Wildman–Crippen LogP) is 4.69. The van der Waals surface area contributed by atoms with Crippen molar-refractivity contribution in [1.29, 1.82) is 0 Å². The molecule has 0 aliphatic carbocycles. The summed E-state index contributed by atoms with van der Waals surface area (Å²) < 4.78 is 11.2. The number of benzene rings is 1. The highest BCUT2D eigenvalue weighted by Gasteiger charge is 2.42. The van der Waals surface area contributed by atoms with Crippen LogP contribution < -0.4 is 4.74 Å². The molecule has 1 aliphatic rings. The topological polar surface area (TPSA) is 76.1 Å². The summed E-state index contributed by atoms with van der Waals surface area (Å²) in [5, 5.41) is 9.94. The SMILES string of the molecule is CC[C@H](C)c1ccc(O[C@H]2C[C@@H](C(=O)O)N(C(=O)OC(C)(C)C)C2)c(Cl)c1. The van der Waals surface area contributed by atoms with Crippen molar-refractivity contribution in [2.45, 2.75) is 71.1 Å². The summed E-state index contributed by atoms with van der Waals surface area (Å²) in [5.41, 5.74) is 0.425. The van der Waals surface area contributed by atoms with Crippen molar-refractivity contribution >= 4 is 23.7 Å². The zero-order valence-corrected chi connectivity index (χ0v) is 17.2. The Balaban J connectivity index is 2.12. The number of carboxylic acid groups (broad SMARTS) is 1. The zero-order chi connectivity index (χ0) is 20.4. The Bertz CT molecular complexity index is 700. The van der Waals surface area contributed by atoms with Gasteiger partial charge in [-0.05, 0) is 50.8 Å². The predicted molar refractivity (Wildman–Crippen MR) is 104 cm³/mol. The molecule has 1 aliphatic heterocycles. The molecule has 27 heavy (non-hydrogen) atoms. The highest BCUT2D eigenvalue weighted by Crippen LogP contribution is 2.32. The fourth-order valence-corrected chi connectivity index (χ4v) is 3.21. The minimum atomic E-state index is -1.08. The molecule has 1 N–H and O–H groups in total. The first-order chi connectivity index (χ1) is 12.5. The van der Waals surface area contributed by atoms with Gasteiger partial charge in [-0.3, -0.25) is 4.90 Å². The van der Waals surface area contributed by atoms with Gasteiger partial charge in [0.1, 0.15) is 23.5 Å². The van der Waals surface area contributed by atoms with Crippen LogP contribution in [0.1, 0.15) is 58.9 Å². The van der Waals surface area contributed by atoms with E-state index in [-0.39, 0.29) is 13.0 Å². The third-order valence-electron chi connectivity index (χ3n) is 4.61. The van der Waals surface area contributed by atoms with Crippen LogP contribution in [0.15, 0.2) is 18.2 Å². The van der Waals surface area contributed by atoms with Crippen LogP contribution in [-0.4, -0.2) is 46.4 Å². The number of likely N-dealkylation sites (tertiary alicyclic amines) is 1. The van der Waals surface area contributed by atoms with Crippen LogP contribution in [0.5, 0.6) is 5.75 Å². The maximum Gasteiger partial charge on any atom is 0.411 e. The van der Waals surface area contributed by atoms with E-state index in [1.54, 1.807) is 26.8 Å². The van der Waals surface area contributed by atoms with E-state index in [1.807, 2.05) is 12.1 Å². The monoisotopic (exact) mass is 397 g/mol. The first-order valence-electron chi connectivity index (χ1n) is 9.20. The van der Waals surface area contributed by atoms with Crippen molar-refractivity contribution in [1.82, 2.24) is 4.90 Å². The van der Waals surface area contributed by atoms with E-state index >= 15 is 0 Å². The van der Waals surface area contributed by atoms with Crippen LogP contribution in [0, 0.1) is 0 Å². The molecule has 0 radical (unpaired) electrons. The number of amides is 1. The van der Waals surface area contributed by atoms with Crippen LogP contribution in [0.25, 0.3) is 0 Å². The van der Waals surface area contributed by atoms with Gasteiger partial charge < -0.3 is 14.6 Å². The number of rotatable bonds is 5. The Morgan fingerprint density at radius 1 is 1.37 bits per heavy atom. The first-order valence-corrected chi connectivity index (χ1v) is 9.58. The van der Waals surface area contributed by atoms with Gasteiger partial charge in [-0.1, -0.05) is 31.5 Å². The molecule has 0 spiro atoms. The minimum absolute atomic E-state index is 0.134. The Morgan fingerprint density at radius 2 is 2.04 bits per heavy atom. The number of hydrogen-bond donors (Lipinski definition) is 1. The van der Waals surface area contributed by atoms with Crippen molar-refractivity contribution in [2.75, 3.05) is 6.54 Å². The lowest BCUT2D eigenvalue weighted by Crippen LogP contribution is -2.43. The maximum atomic E-state index is 12.4. The highest BCUT2D eigenvalue weighted by molar-refractivity contribution is 6.32. The molecule has 7 heteroatoms. The summed E-state index contributed by atoms with van der Waals surface area (Å²) in [4.78, 5) is 25.1. The van der Waals surface area contributed by atoms with Crippen molar-refractivity contribution in [3.63, 3.8) is 0 Å². The molecule has 3 atom stereocenters. The molecule has 1 saturated heterocycles. The number of ether oxygens (including phenoxy) is 2. The number of carbonyl (C=O) groups is 2. The minimum Gasteiger partial charge on any atom is -0.487 e. The average Bonchev–Trinajstić information content (AvgIpc) is 2.99. The largest absolute Gasteiger partial charge is 0.487 e. The number of halogens is 1. The Labute approximate surface area is 165 Å². The Kier molecular flexibility index (Phi) is 6.63. The summed E-state index contributed by atoms with van der Waals surface area (Å²) >= 11 is 6.35. The van der Waals surface area contributed by atoms with Crippen molar-refractivity contribution in [2.24, 2.45) is 0 Å². The van der Waals surface area contributed by atoms with Gasteiger partial charge in [0, 0.05) is 6.42 Å². The van der Waals surface area contributed by atoms with E-state index in [9.17, 15) is 14.7 Å². The van der Waals surface area contributed by atoms with Crippen molar-refractivity contribution < 1.29 is 24.2 Å². The van der Waals surface area contributed by atoms with Crippen LogP contribution >= 0.6 is 11.6 Å². The number of carboxylic acids is 1. The van der Waals surface area contributed by atoms with E-state index < -0.39 is 29.8 Å². The third-order valence-corrected chi connectivity index (χ3v) is 4.90. The first kappa shape index (κ1) is 21.4. The number of aliphatic carboxylic acids is 1. The van der Waals surface area contributed by atoms with Gasteiger partial charge in [0.25, 0.3) is 0 Å². The second-order valence-electron chi connectivity index (χ2n) is 7.96. The van der Waals surface area contributed by atoms with E-state index in [0.717, 1.165) is 12.0 Å². The van der Waals surface area contributed by atoms with Crippen LogP contribution in [0.4, 0.5) is 4.79 Å². The Morgan fingerprint density at radius 3 is 2.56 bits per heavy atom. The molecule has 0 unspecified atom stereocenters. The second kappa shape index (κ2) is 8.38. The lowest BCUT2D eigenvalue weighted by atomic mass is 9.99. The van der Waals surface area contributed by atoms with Crippen LogP contribution in [0.2, 0.25) is 5.02 Å². The third kappa shape index (κ3) is 5.51. The molecule has 6 nitrogen and oxygen atoms in total. The van der Waals surface area contributed by atoms with Crippen LogP contribution in [-0.2, 0) is 9.53 Å². The van der Waals surface area contributed by atoms with Crippen molar-refractivity contribution in [3.8, 4) is 5.75 Å². The molecule has 0 aromatic heterocycles. The standard InChI is InChI=1S/C20H28ClNO5/c1-6-12(2)13-7-8-17(15(21)9-13)26-14-10-16(18(23)24)22(11-14)19(25)27-20(3,4)5/h7-9,12,14,16H,6,10-11H2,1-5H3,(H,23,24)/t12-,14-,16-/m0/s1. The van der Waals surface area contributed by atoms with Gasteiger partial charge in [-0.2, -0.15) is 0 Å². The van der Waals surface area contributed by atoms with E-state index in [2.05, 4.69) is 13.8 Å². The molecule has 150 valence electrons. The maximum absolute atomic E-state index is 12.4. The number of carbonyl (C=O) groups excluding carboxylic acids is 1. The summed E-state index contributed by atoms with van der Waals surface area (Å²) in [5.74, 6) is -0.198. The molecule has 1 amide bonds. The van der Waals surface area contributed by atoms with E-state index in [0.29, 0.717) is 16.7 Å². The molecule has 1 aromatic rings. The Hall–Kier alpha value is -1.95. The molecular weight excluding hydrogens is 370 g/mol.